The van der Waals surface area contributed by atoms with Gasteiger partial charge < -0.3 is 149 Å². The first-order chi connectivity index (χ1) is 59.2. The highest BCUT2D eigenvalue weighted by Gasteiger charge is 2.39. The topological polar surface area (TPSA) is 801 Å². The first kappa shape index (κ1) is 107. The molecule has 0 fully saturated rings. The molecule has 0 saturated carbocycles. The zero-order chi connectivity index (χ0) is 94.9. The fraction of sp³-hybridized carbons (Fsp3) is 0.564. The lowest BCUT2D eigenvalue weighted by Crippen LogP contribution is -2.61. The number of benzene rings is 2. The molecule has 0 bridgehead atoms. The summed E-state index contributed by atoms with van der Waals surface area (Å²) >= 11 is 0. The molecule has 2 aromatic carbocycles. The highest BCUT2D eigenvalue weighted by molar-refractivity contribution is 6.01. The van der Waals surface area contributed by atoms with Crippen LogP contribution < -0.4 is 113 Å². The molecule has 16 atom stereocenters. The second-order valence-corrected chi connectivity index (χ2v) is 30.8. The number of carboxylic acids is 2. The summed E-state index contributed by atoms with van der Waals surface area (Å²) in [6.45, 7) is 9.34. The van der Waals surface area contributed by atoms with Crippen molar-refractivity contribution < 1.29 is 117 Å². The van der Waals surface area contributed by atoms with E-state index in [4.69, 9.17) is 33.8 Å². The highest BCUT2D eigenvalue weighted by Crippen LogP contribution is 2.21. The Morgan fingerprint density at radius 2 is 0.905 bits per heavy atom. The number of carboxylic acid groups (broad SMARTS) is 2. The number of aliphatic hydroxyl groups is 3. The average molecular weight is 1780 g/mol. The van der Waals surface area contributed by atoms with Crippen LogP contribution in [-0.2, 0) is 99.1 Å². The van der Waals surface area contributed by atoms with E-state index in [9.17, 15) is 117 Å². The Labute approximate surface area is 724 Å². The normalized spacial score (nSPS) is 14.9. The summed E-state index contributed by atoms with van der Waals surface area (Å²) < 4.78 is 0. The minimum absolute atomic E-state index is 0.000642. The molecule has 3 aromatic rings. The molecular formula is C78H122N24O24. The number of hydrogen-bond acceptors (Lipinski definition) is 25. The van der Waals surface area contributed by atoms with E-state index in [0.29, 0.717) is 28.5 Å². The van der Waals surface area contributed by atoms with Gasteiger partial charge in [-0.3, -0.25) is 92.3 Å². The van der Waals surface area contributed by atoms with Gasteiger partial charge in [0, 0.05) is 49.5 Å². The number of aliphatic hydroxyl groups excluding tert-OH is 3. The number of amides is 16. The van der Waals surface area contributed by atoms with E-state index in [1.54, 1.807) is 45.0 Å². The minimum Gasteiger partial charge on any atom is -0.508 e. The molecule has 48 nitrogen and oxygen atoms in total. The Morgan fingerprint density at radius 1 is 0.452 bits per heavy atom. The zero-order valence-electron chi connectivity index (χ0n) is 71.5. The molecule has 1 heterocycles. The molecule has 3 rings (SSSR count). The van der Waals surface area contributed by atoms with Crippen molar-refractivity contribution in [1.82, 2.24) is 95.4 Å². The first-order valence-electron chi connectivity index (χ1n) is 40.6. The number of primary amides is 1. The number of aliphatic carboxylic acids is 2. The van der Waals surface area contributed by atoms with Crippen molar-refractivity contribution in [2.24, 2.45) is 40.7 Å². The van der Waals surface area contributed by atoms with Crippen molar-refractivity contribution in [3.63, 3.8) is 0 Å². The molecule has 0 spiro atoms. The first-order valence-corrected chi connectivity index (χ1v) is 40.6. The molecule has 0 saturated heterocycles. The summed E-state index contributed by atoms with van der Waals surface area (Å²) in [5.74, 6) is -22.8. The molecule has 0 aliphatic rings. The number of aromatic nitrogens is 1. The second kappa shape index (κ2) is 53.6. The van der Waals surface area contributed by atoms with E-state index in [1.165, 1.54) is 58.2 Å². The number of aromatic hydroxyl groups is 1. The number of hydrogen-bond donors (Lipinski definition) is 30. The van der Waals surface area contributed by atoms with Crippen molar-refractivity contribution in [3.8, 4) is 5.75 Å². The van der Waals surface area contributed by atoms with E-state index in [0.717, 1.165) is 13.8 Å². The van der Waals surface area contributed by atoms with E-state index in [1.807, 2.05) is 0 Å². The molecule has 1 aromatic heterocycles. The lowest BCUT2D eigenvalue weighted by atomic mass is 9.96. The molecule has 0 radical (unpaired) electrons. The molecule has 0 aliphatic heterocycles. The smallest absolute Gasteiger partial charge is 0.328 e. The molecule has 698 valence electrons. The molecule has 16 amide bonds. The predicted molar refractivity (Wildman–Crippen MR) is 450 cm³/mol. The maximum atomic E-state index is 14.6. The van der Waals surface area contributed by atoms with Crippen LogP contribution in [0.1, 0.15) is 131 Å². The minimum atomic E-state index is -2.11. The Bertz CT molecular complexity index is 4300. The lowest BCUT2D eigenvalue weighted by Gasteiger charge is -2.29. The van der Waals surface area contributed by atoms with Gasteiger partial charge in [0.2, 0.25) is 94.5 Å². The number of guanidine groups is 2. The quantitative estimate of drug-likeness (QED) is 0.0142. The molecule has 126 heavy (non-hydrogen) atoms. The maximum absolute atomic E-state index is 14.6. The number of fused-ring (bicyclic) bond motifs is 1. The van der Waals surface area contributed by atoms with Crippen LogP contribution in [0.3, 0.4) is 0 Å². The Morgan fingerprint density at radius 3 is 1.44 bits per heavy atom. The van der Waals surface area contributed by atoms with Crippen molar-refractivity contribution in [3.05, 3.63) is 65.9 Å². The number of phenols is 1. The summed E-state index contributed by atoms with van der Waals surface area (Å²) in [7, 11) is 0. The maximum Gasteiger partial charge on any atom is 0.328 e. The van der Waals surface area contributed by atoms with Gasteiger partial charge in [-0.25, -0.2) is 4.79 Å². The van der Waals surface area contributed by atoms with E-state index in [-0.39, 0.29) is 75.7 Å². The SMILES string of the molecule is CC[C@H](C)[C@H](NC(=O)[C@H](CCCNC(=N)N)NC(=O)[C@H](Cc1ccc(O)cc1)NC(=O)CNC(=O)[C@H](C)NC(=O)[C@@H](N)CCCNC(=N)N)C(=O)N[C@@H](CC(=O)O)C(=O)N[C@@H](CO)C(=O)N[C@@H](Cc1c[nH]c2ccccc12)C(=O)NCC(=O)N[C@@H](CCC(N)=O)C(=O)NCC(=O)N[C@H](C(=O)N[C@@H](CC(C)C)C(=O)N[C@H](C(=O)N[C@H](C(=O)O)[C@@H](C)O)C(C)C)[C@@H](C)O. The van der Waals surface area contributed by atoms with Crippen LogP contribution in [0.15, 0.2) is 54.7 Å². The summed E-state index contributed by atoms with van der Waals surface area (Å²) in [6.07, 6.45) is -4.37. The van der Waals surface area contributed by atoms with Crippen molar-refractivity contribution >= 4 is 129 Å². The number of H-pyrrole nitrogens is 1. The monoisotopic (exact) mass is 1780 g/mol. The summed E-state index contributed by atoms with van der Waals surface area (Å²) in [5, 5.41) is 117. The Balaban J connectivity index is 1.86. The third-order valence-corrected chi connectivity index (χ3v) is 19.4. The van der Waals surface area contributed by atoms with E-state index >= 15 is 0 Å². The van der Waals surface area contributed by atoms with Crippen LogP contribution in [0.25, 0.3) is 10.9 Å². The summed E-state index contributed by atoms with van der Waals surface area (Å²) in [6, 6.07) is -8.90. The number of para-hydroxylation sites is 1. The van der Waals surface area contributed by atoms with Crippen molar-refractivity contribution in [1.29, 1.82) is 10.8 Å². The van der Waals surface area contributed by atoms with Gasteiger partial charge in [0.1, 0.15) is 72.2 Å². The van der Waals surface area contributed by atoms with Crippen LogP contribution >= 0.6 is 0 Å². The molecular weight excluding hydrogens is 1660 g/mol. The van der Waals surface area contributed by atoms with Crippen molar-refractivity contribution in [2.75, 3.05) is 39.3 Å². The number of carbonyl (C=O) groups is 18. The summed E-state index contributed by atoms with van der Waals surface area (Å²) in [5.41, 5.74) is 23.4. The Hall–Kier alpha value is -13.4. The standard InChI is InChI=1S/C78H122N24O24/c1-10-38(6)61(101-68(117)48(18-14-26-86-78(83)84)94-69(118)51(28-42-19-21-44(106)22-20-42)93-57(109)32-88-64(113)39(7)91-65(114)46(79)16-13-25-85-77(81)82)74(123)97-53(30-59(111)112)70(119)98-54(35-103)72(121)95-52(29-43-31-87-47-17-12-11-15-45(43)47)67(116)90-33-56(108)92-49(23-24-55(80)107)66(115)89-34-58(110)99-62(40(8)104)75(124)96-50(27-36(2)3)71(120)100-60(37(4)5)73(122)102-63(41(9)105)76(125)126/h11-12,15,17,19-22,31,36-41,46,48-54,60-63,87,103-106H,10,13-14,16,18,23-30,32-35,79H2,1-9H3,(H2,80,107)(H,88,113)(H,89,115)(H,90,116)(H,91,114)(H,92,108)(H,93,109)(H,94,118)(H,95,121)(H,96,124)(H,97,123)(H,98,119)(H,99,110)(H,100,120)(H,101,117)(H,102,122)(H,111,112)(H,125,126)(H4,81,82,85)(H4,83,84,86)/t38-,39-,40+,41+,46-,48-,49-,50-,51-,52-,53-,54-,60-,61-,62-,63-/m0/s1. The molecule has 48 heteroatoms. The summed E-state index contributed by atoms with van der Waals surface area (Å²) in [4.78, 5) is 247. The predicted octanol–water partition coefficient (Wildman–Crippen LogP) is -8.97. The number of nitrogens with one attached hydrogen (secondary N) is 20. The van der Waals surface area contributed by atoms with Crippen LogP contribution in [0, 0.1) is 28.6 Å². The van der Waals surface area contributed by atoms with Gasteiger partial charge in [0.25, 0.3) is 0 Å². The third-order valence-electron chi connectivity index (χ3n) is 19.4. The van der Waals surface area contributed by atoms with Gasteiger partial charge in [0.15, 0.2) is 18.0 Å². The van der Waals surface area contributed by atoms with Gasteiger partial charge in [0.05, 0.1) is 50.9 Å². The van der Waals surface area contributed by atoms with Crippen LogP contribution in [-0.4, -0.2) is 284 Å². The second-order valence-electron chi connectivity index (χ2n) is 30.8. The zero-order valence-corrected chi connectivity index (χ0v) is 71.5. The average Bonchev–Trinajstić information content (AvgIpc) is 1.61. The van der Waals surface area contributed by atoms with Gasteiger partial charge in [-0.1, -0.05) is 78.3 Å². The number of carbonyl (C=O) groups excluding carboxylic acids is 16. The number of nitrogens with two attached hydrogens (primary N) is 4. The fourth-order valence-corrected chi connectivity index (χ4v) is 12.2. The van der Waals surface area contributed by atoms with Gasteiger partial charge in [-0.15, -0.1) is 0 Å². The molecule has 34 N–H and O–H groups in total. The van der Waals surface area contributed by atoms with Crippen LogP contribution in [0.4, 0.5) is 0 Å². The molecule has 0 unspecified atom stereocenters. The van der Waals surface area contributed by atoms with Gasteiger partial charge >= 0.3 is 11.9 Å². The fourth-order valence-electron chi connectivity index (χ4n) is 12.2. The van der Waals surface area contributed by atoms with Gasteiger partial charge in [-0.05, 0) is 106 Å². The number of phenolic OH excluding ortho intramolecular Hbond substituents is 1. The molecule has 0 aliphatic carbocycles. The van der Waals surface area contributed by atoms with Gasteiger partial charge in [-0.2, -0.15) is 0 Å². The van der Waals surface area contributed by atoms with Crippen LogP contribution in [0.5, 0.6) is 5.75 Å². The lowest BCUT2D eigenvalue weighted by molar-refractivity contribution is -0.145. The highest BCUT2D eigenvalue weighted by atomic mass is 16.4. The van der Waals surface area contributed by atoms with Crippen molar-refractivity contribution in [2.45, 2.75) is 224 Å². The largest absolute Gasteiger partial charge is 0.508 e. The number of rotatable bonds is 56. The van der Waals surface area contributed by atoms with E-state index in [2.05, 4.69) is 95.4 Å². The number of aromatic amines is 1. The van der Waals surface area contributed by atoms with E-state index < -0.39 is 261 Å². The third kappa shape index (κ3) is 38.2. The Kier molecular flexibility index (Phi) is 45.4. The van der Waals surface area contributed by atoms with Crippen LogP contribution in [0.2, 0.25) is 0 Å².